The highest BCUT2D eigenvalue weighted by Crippen LogP contribution is 2.33. The zero-order valence-corrected chi connectivity index (χ0v) is 12.1. The minimum Gasteiger partial charge on any atom is -0.491 e. The maximum absolute atomic E-state index is 12.1. The summed E-state index contributed by atoms with van der Waals surface area (Å²) in [5.41, 5.74) is 1.77. The minimum absolute atomic E-state index is 0.0173. The summed E-state index contributed by atoms with van der Waals surface area (Å²) in [5, 5.41) is 2.80. The fraction of sp³-hybridized carbons (Fsp3) is 0.188. The third-order valence-corrected chi connectivity index (χ3v) is 3.47. The van der Waals surface area contributed by atoms with Crippen LogP contribution in [0.1, 0.15) is 16.8 Å². The summed E-state index contributed by atoms with van der Waals surface area (Å²) in [6.45, 7) is 0.360. The number of ether oxygens (including phenoxy) is 1. The van der Waals surface area contributed by atoms with Crippen LogP contribution in [0.2, 0.25) is 0 Å². The molecular weight excluding hydrogens is 282 g/mol. The van der Waals surface area contributed by atoms with Crippen LogP contribution in [0, 0.1) is 0 Å². The Kier molecular flexibility index (Phi) is 3.74. The highest BCUT2D eigenvalue weighted by atomic mass is 16.5. The van der Waals surface area contributed by atoms with Crippen LogP contribution in [-0.4, -0.2) is 30.5 Å². The molecule has 2 heterocycles. The molecule has 0 atom stereocenters. The van der Waals surface area contributed by atoms with E-state index in [2.05, 4.69) is 10.3 Å². The smallest absolute Gasteiger partial charge is 0.255 e. The Bertz CT molecular complexity index is 716. The van der Waals surface area contributed by atoms with E-state index in [1.807, 2.05) is 0 Å². The van der Waals surface area contributed by atoms with E-state index >= 15 is 0 Å². The van der Waals surface area contributed by atoms with Crippen molar-refractivity contribution in [1.29, 1.82) is 0 Å². The van der Waals surface area contributed by atoms with Gasteiger partial charge in [-0.05, 0) is 30.3 Å². The van der Waals surface area contributed by atoms with Gasteiger partial charge < -0.3 is 15.0 Å². The number of carbonyl (C=O) groups excluding carboxylic acids is 2. The first kappa shape index (κ1) is 14.1. The quantitative estimate of drug-likeness (QED) is 0.921. The minimum atomic E-state index is -0.231. The number of amides is 2. The predicted octanol–water partition coefficient (Wildman–Crippen LogP) is 2.08. The number of carbonyl (C=O) groups is 2. The molecule has 0 unspecified atom stereocenters. The lowest BCUT2D eigenvalue weighted by molar-refractivity contribution is -0.118. The summed E-state index contributed by atoms with van der Waals surface area (Å²) in [7, 11) is 1.70. The Morgan fingerprint density at radius 1 is 1.27 bits per heavy atom. The molecule has 6 heteroatoms. The van der Waals surface area contributed by atoms with Crippen molar-refractivity contribution in [2.24, 2.45) is 0 Å². The Morgan fingerprint density at radius 3 is 2.82 bits per heavy atom. The fourth-order valence-corrected chi connectivity index (χ4v) is 2.24. The third-order valence-electron chi connectivity index (χ3n) is 3.47. The standard InChI is InChI=1S/C16H15N3O3/c1-19-13-10-12(2-3-14(13)22-9-6-15(19)20)18-16(21)11-4-7-17-8-5-11/h2-5,7-8,10H,6,9H2,1H3,(H,18,21). The molecular formula is C16H15N3O3. The number of fused-ring (bicyclic) bond motifs is 1. The van der Waals surface area contributed by atoms with Crippen LogP contribution in [0.4, 0.5) is 11.4 Å². The molecule has 0 spiro atoms. The number of aromatic nitrogens is 1. The van der Waals surface area contributed by atoms with Crippen LogP contribution < -0.4 is 15.0 Å². The van der Waals surface area contributed by atoms with Gasteiger partial charge >= 0.3 is 0 Å². The average Bonchev–Trinajstić information content (AvgIpc) is 2.68. The van der Waals surface area contributed by atoms with Crippen molar-refractivity contribution in [2.75, 3.05) is 23.9 Å². The van der Waals surface area contributed by atoms with Crippen molar-refractivity contribution in [1.82, 2.24) is 4.98 Å². The largest absolute Gasteiger partial charge is 0.491 e. The van der Waals surface area contributed by atoms with Gasteiger partial charge in [0, 0.05) is 30.7 Å². The monoisotopic (exact) mass is 297 g/mol. The first-order valence-corrected chi connectivity index (χ1v) is 6.90. The molecule has 0 bridgehead atoms. The van der Waals surface area contributed by atoms with E-state index in [0.29, 0.717) is 35.7 Å². The third kappa shape index (κ3) is 2.76. The van der Waals surface area contributed by atoms with E-state index in [4.69, 9.17) is 4.74 Å². The molecule has 0 saturated heterocycles. The van der Waals surface area contributed by atoms with Gasteiger partial charge in [0.25, 0.3) is 5.91 Å². The lowest BCUT2D eigenvalue weighted by Crippen LogP contribution is -2.25. The van der Waals surface area contributed by atoms with Crippen molar-refractivity contribution < 1.29 is 14.3 Å². The number of nitrogens with one attached hydrogen (secondary N) is 1. The van der Waals surface area contributed by atoms with E-state index in [9.17, 15) is 9.59 Å². The van der Waals surface area contributed by atoms with Gasteiger partial charge in [-0.25, -0.2) is 0 Å². The average molecular weight is 297 g/mol. The van der Waals surface area contributed by atoms with E-state index in [-0.39, 0.29) is 11.8 Å². The van der Waals surface area contributed by atoms with Crippen LogP contribution in [0.3, 0.4) is 0 Å². The van der Waals surface area contributed by atoms with Crippen molar-refractivity contribution in [3.05, 3.63) is 48.3 Å². The van der Waals surface area contributed by atoms with Crippen LogP contribution in [0.25, 0.3) is 0 Å². The molecule has 22 heavy (non-hydrogen) atoms. The number of benzene rings is 1. The van der Waals surface area contributed by atoms with Crippen molar-refractivity contribution in [3.8, 4) is 5.75 Å². The molecule has 2 aromatic rings. The van der Waals surface area contributed by atoms with Gasteiger partial charge in [-0.2, -0.15) is 0 Å². The number of hydrogen-bond donors (Lipinski definition) is 1. The number of rotatable bonds is 2. The number of hydrogen-bond acceptors (Lipinski definition) is 4. The molecule has 1 aliphatic heterocycles. The van der Waals surface area contributed by atoms with Gasteiger partial charge in [-0.1, -0.05) is 0 Å². The van der Waals surface area contributed by atoms with Crippen molar-refractivity contribution in [2.45, 2.75) is 6.42 Å². The molecule has 0 saturated carbocycles. The van der Waals surface area contributed by atoms with Crippen molar-refractivity contribution in [3.63, 3.8) is 0 Å². The topological polar surface area (TPSA) is 71.5 Å². The molecule has 2 amide bonds. The van der Waals surface area contributed by atoms with Gasteiger partial charge in [0.2, 0.25) is 5.91 Å². The molecule has 0 radical (unpaired) electrons. The second-order valence-corrected chi connectivity index (χ2v) is 4.92. The van der Waals surface area contributed by atoms with E-state index in [1.165, 1.54) is 0 Å². The molecule has 6 nitrogen and oxygen atoms in total. The first-order valence-electron chi connectivity index (χ1n) is 6.90. The molecule has 1 aliphatic rings. The second kappa shape index (κ2) is 5.85. The molecule has 1 N–H and O–H groups in total. The van der Waals surface area contributed by atoms with Gasteiger partial charge in [-0.3, -0.25) is 14.6 Å². The first-order chi connectivity index (χ1) is 10.6. The molecule has 1 aromatic heterocycles. The van der Waals surface area contributed by atoms with Crippen LogP contribution in [0.5, 0.6) is 5.75 Å². The normalized spacial score (nSPS) is 13.9. The number of anilines is 2. The molecule has 0 aliphatic carbocycles. The fourth-order valence-electron chi connectivity index (χ4n) is 2.24. The lowest BCUT2D eigenvalue weighted by Gasteiger charge is -2.17. The summed E-state index contributed by atoms with van der Waals surface area (Å²) in [5.74, 6) is 0.387. The Balaban J connectivity index is 1.86. The van der Waals surface area contributed by atoms with Crippen LogP contribution in [0.15, 0.2) is 42.7 Å². The van der Waals surface area contributed by atoms with Crippen molar-refractivity contribution >= 4 is 23.2 Å². The van der Waals surface area contributed by atoms with E-state index in [1.54, 1.807) is 54.7 Å². The molecule has 112 valence electrons. The molecule has 3 rings (SSSR count). The summed E-state index contributed by atoms with van der Waals surface area (Å²) >= 11 is 0. The van der Waals surface area contributed by atoms with Gasteiger partial charge in [0.15, 0.2) is 0 Å². The predicted molar refractivity (Wildman–Crippen MR) is 82.2 cm³/mol. The van der Waals surface area contributed by atoms with Crippen LogP contribution in [-0.2, 0) is 4.79 Å². The SMILES string of the molecule is CN1C(=O)CCOc2ccc(NC(=O)c3ccncc3)cc21. The number of pyridine rings is 1. The summed E-state index contributed by atoms with van der Waals surface area (Å²) in [6.07, 6.45) is 3.46. The van der Waals surface area contributed by atoms with Gasteiger partial charge in [0.1, 0.15) is 5.75 Å². The van der Waals surface area contributed by atoms with E-state index in [0.717, 1.165) is 0 Å². The van der Waals surface area contributed by atoms with Gasteiger partial charge in [0.05, 0.1) is 18.7 Å². The summed E-state index contributed by atoms with van der Waals surface area (Å²) in [6, 6.07) is 8.51. The maximum Gasteiger partial charge on any atom is 0.255 e. The Morgan fingerprint density at radius 2 is 2.05 bits per heavy atom. The Hall–Kier alpha value is -2.89. The van der Waals surface area contributed by atoms with E-state index < -0.39 is 0 Å². The zero-order valence-electron chi connectivity index (χ0n) is 12.1. The zero-order chi connectivity index (χ0) is 15.5. The van der Waals surface area contributed by atoms with Gasteiger partial charge in [-0.15, -0.1) is 0 Å². The highest BCUT2D eigenvalue weighted by Gasteiger charge is 2.20. The summed E-state index contributed by atoms with van der Waals surface area (Å²) < 4.78 is 5.55. The number of nitrogens with zero attached hydrogens (tertiary/aromatic N) is 2. The second-order valence-electron chi connectivity index (χ2n) is 4.92. The van der Waals surface area contributed by atoms with Crippen LogP contribution >= 0.6 is 0 Å². The maximum atomic E-state index is 12.1. The lowest BCUT2D eigenvalue weighted by atomic mass is 10.2. The summed E-state index contributed by atoms with van der Waals surface area (Å²) in [4.78, 5) is 29.5. The molecule has 0 fully saturated rings. The molecule has 1 aromatic carbocycles. The Labute approximate surface area is 127 Å². The highest BCUT2D eigenvalue weighted by molar-refractivity contribution is 6.05.